The number of aromatic nitrogens is 2. The van der Waals surface area contributed by atoms with Crippen molar-refractivity contribution in [1.29, 1.82) is 0 Å². The van der Waals surface area contributed by atoms with Crippen LogP contribution in [0.25, 0.3) is 11.4 Å². The van der Waals surface area contributed by atoms with Crippen molar-refractivity contribution in [2.45, 2.75) is 32.1 Å². The number of amides is 2. The molecule has 0 bridgehead atoms. The molecule has 7 heteroatoms. The van der Waals surface area contributed by atoms with Gasteiger partial charge >= 0.3 is 0 Å². The molecule has 25 heavy (non-hydrogen) atoms. The number of benzene rings is 1. The molecule has 2 amide bonds. The highest BCUT2D eigenvalue weighted by atomic mass is 16.5. The van der Waals surface area contributed by atoms with Gasteiger partial charge in [0.2, 0.25) is 23.5 Å². The maximum absolute atomic E-state index is 11.9. The van der Waals surface area contributed by atoms with Gasteiger partial charge in [0, 0.05) is 44.5 Å². The zero-order chi connectivity index (χ0) is 17.5. The Morgan fingerprint density at radius 3 is 2.88 bits per heavy atom. The van der Waals surface area contributed by atoms with E-state index < -0.39 is 0 Å². The van der Waals surface area contributed by atoms with E-state index in [0.717, 1.165) is 24.9 Å². The molecule has 1 fully saturated rings. The lowest BCUT2D eigenvalue weighted by atomic mass is 10.2. The van der Waals surface area contributed by atoms with Crippen molar-refractivity contribution in [2.24, 2.45) is 0 Å². The molecule has 0 saturated carbocycles. The maximum atomic E-state index is 11.9. The average Bonchev–Trinajstić information content (AvgIpc) is 3.27. The van der Waals surface area contributed by atoms with Crippen molar-refractivity contribution in [3.63, 3.8) is 0 Å². The summed E-state index contributed by atoms with van der Waals surface area (Å²) in [7, 11) is 0. The number of nitrogens with one attached hydrogen (secondary N) is 1. The second-order valence-corrected chi connectivity index (χ2v) is 6.07. The SMILES string of the molecule is O=C(CCc1nc(-c2ccccc2)no1)NCCCN1CCCC1=O. The van der Waals surface area contributed by atoms with Gasteiger partial charge in [-0.3, -0.25) is 9.59 Å². The van der Waals surface area contributed by atoms with Crippen LogP contribution in [0.15, 0.2) is 34.9 Å². The molecule has 1 saturated heterocycles. The standard InChI is InChI=1S/C18H22N4O3/c23-15(19-11-5-13-22-12-4-8-17(22)24)9-10-16-20-18(21-25-16)14-6-2-1-3-7-14/h1-3,6-7H,4-5,8-13H2,(H,19,23). The second-order valence-electron chi connectivity index (χ2n) is 6.07. The number of carbonyl (C=O) groups is 2. The third kappa shape index (κ3) is 4.89. The fourth-order valence-corrected chi connectivity index (χ4v) is 2.81. The summed E-state index contributed by atoms with van der Waals surface area (Å²) in [5.74, 6) is 1.16. The molecule has 7 nitrogen and oxygen atoms in total. The summed E-state index contributed by atoms with van der Waals surface area (Å²) in [5.41, 5.74) is 0.887. The lowest BCUT2D eigenvalue weighted by Gasteiger charge is -2.15. The van der Waals surface area contributed by atoms with E-state index in [9.17, 15) is 9.59 Å². The van der Waals surface area contributed by atoms with Crippen molar-refractivity contribution >= 4 is 11.8 Å². The van der Waals surface area contributed by atoms with E-state index >= 15 is 0 Å². The predicted octanol–water partition coefficient (Wildman–Crippen LogP) is 1.80. The topological polar surface area (TPSA) is 88.3 Å². The van der Waals surface area contributed by atoms with Gasteiger partial charge in [-0.25, -0.2) is 0 Å². The number of nitrogens with zero attached hydrogens (tertiary/aromatic N) is 3. The molecule has 0 unspecified atom stereocenters. The zero-order valence-corrected chi connectivity index (χ0v) is 14.1. The molecule has 2 heterocycles. The number of aryl methyl sites for hydroxylation is 1. The molecule has 1 aliphatic heterocycles. The Bertz CT molecular complexity index is 714. The molecule has 2 aromatic rings. The summed E-state index contributed by atoms with van der Waals surface area (Å²) in [4.78, 5) is 29.5. The van der Waals surface area contributed by atoms with Gasteiger partial charge in [-0.05, 0) is 12.8 Å². The Kier molecular flexibility index (Phi) is 5.77. The summed E-state index contributed by atoms with van der Waals surface area (Å²) in [6.07, 6.45) is 3.09. The van der Waals surface area contributed by atoms with Gasteiger partial charge in [0.1, 0.15) is 0 Å². The van der Waals surface area contributed by atoms with E-state index in [2.05, 4.69) is 15.5 Å². The highest BCUT2D eigenvalue weighted by Gasteiger charge is 2.19. The van der Waals surface area contributed by atoms with Crippen molar-refractivity contribution < 1.29 is 14.1 Å². The molecule has 1 aliphatic rings. The van der Waals surface area contributed by atoms with Crippen LogP contribution in [0.5, 0.6) is 0 Å². The Morgan fingerprint density at radius 2 is 2.12 bits per heavy atom. The van der Waals surface area contributed by atoms with Crippen molar-refractivity contribution in [2.75, 3.05) is 19.6 Å². The first kappa shape index (κ1) is 17.1. The quantitative estimate of drug-likeness (QED) is 0.739. The fourth-order valence-electron chi connectivity index (χ4n) is 2.81. The largest absolute Gasteiger partial charge is 0.356 e. The number of carbonyl (C=O) groups excluding carboxylic acids is 2. The van der Waals surface area contributed by atoms with E-state index in [1.165, 1.54) is 0 Å². The van der Waals surface area contributed by atoms with E-state index in [0.29, 0.717) is 44.1 Å². The van der Waals surface area contributed by atoms with Crippen LogP contribution < -0.4 is 5.32 Å². The van der Waals surface area contributed by atoms with Gasteiger partial charge < -0.3 is 14.7 Å². The zero-order valence-electron chi connectivity index (χ0n) is 14.1. The minimum atomic E-state index is -0.0489. The van der Waals surface area contributed by atoms with Crippen LogP contribution >= 0.6 is 0 Å². The summed E-state index contributed by atoms with van der Waals surface area (Å²) in [6.45, 7) is 2.12. The Labute approximate surface area is 146 Å². The van der Waals surface area contributed by atoms with Crippen molar-refractivity contribution in [3.05, 3.63) is 36.2 Å². The van der Waals surface area contributed by atoms with E-state index in [1.54, 1.807) is 0 Å². The molecule has 1 aromatic carbocycles. The van der Waals surface area contributed by atoms with Gasteiger partial charge in [0.15, 0.2) is 0 Å². The number of hydrogen-bond donors (Lipinski definition) is 1. The van der Waals surface area contributed by atoms with E-state index in [1.807, 2.05) is 35.2 Å². The highest BCUT2D eigenvalue weighted by molar-refractivity contribution is 5.78. The monoisotopic (exact) mass is 342 g/mol. The van der Waals surface area contributed by atoms with Crippen LogP contribution in [-0.2, 0) is 16.0 Å². The molecule has 132 valence electrons. The van der Waals surface area contributed by atoms with Gasteiger partial charge in [0.25, 0.3) is 0 Å². The summed E-state index contributed by atoms with van der Waals surface area (Å²) in [6, 6.07) is 9.57. The van der Waals surface area contributed by atoms with Gasteiger partial charge in [-0.15, -0.1) is 0 Å². The van der Waals surface area contributed by atoms with Crippen LogP contribution in [0.3, 0.4) is 0 Å². The highest BCUT2D eigenvalue weighted by Crippen LogP contribution is 2.15. The third-order valence-corrected chi connectivity index (χ3v) is 4.16. The first-order valence-corrected chi connectivity index (χ1v) is 8.65. The molecule has 3 rings (SSSR count). The second kappa shape index (κ2) is 8.41. The third-order valence-electron chi connectivity index (χ3n) is 4.16. The predicted molar refractivity (Wildman–Crippen MR) is 91.5 cm³/mol. The first-order valence-electron chi connectivity index (χ1n) is 8.65. The molecule has 1 N–H and O–H groups in total. The summed E-state index contributed by atoms with van der Waals surface area (Å²) >= 11 is 0. The van der Waals surface area contributed by atoms with Crippen LogP contribution in [0.1, 0.15) is 31.6 Å². The molecule has 0 atom stereocenters. The van der Waals surface area contributed by atoms with Crippen molar-refractivity contribution in [1.82, 2.24) is 20.4 Å². The number of likely N-dealkylation sites (tertiary alicyclic amines) is 1. The number of rotatable bonds is 8. The molecular formula is C18H22N4O3. The number of hydrogen-bond acceptors (Lipinski definition) is 5. The van der Waals surface area contributed by atoms with Crippen LogP contribution in [0.2, 0.25) is 0 Å². The van der Waals surface area contributed by atoms with Gasteiger partial charge in [0.05, 0.1) is 0 Å². The Morgan fingerprint density at radius 1 is 1.28 bits per heavy atom. The van der Waals surface area contributed by atoms with Crippen LogP contribution in [0.4, 0.5) is 0 Å². The molecule has 0 aliphatic carbocycles. The lowest BCUT2D eigenvalue weighted by molar-refractivity contribution is -0.127. The molecule has 0 radical (unpaired) electrons. The average molecular weight is 342 g/mol. The molecule has 0 spiro atoms. The van der Waals surface area contributed by atoms with E-state index in [4.69, 9.17) is 4.52 Å². The van der Waals surface area contributed by atoms with Gasteiger partial charge in [-0.1, -0.05) is 35.5 Å². The smallest absolute Gasteiger partial charge is 0.227 e. The van der Waals surface area contributed by atoms with E-state index in [-0.39, 0.29) is 11.8 Å². The normalized spacial score (nSPS) is 14.1. The first-order chi connectivity index (χ1) is 12.2. The lowest BCUT2D eigenvalue weighted by Crippen LogP contribution is -2.30. The molecule has 1 aromatic heterocycles. The maximum Gasteiger partial charge on any atom is 0.227 e. The Balaban J connectivity index is 1.35. The molecular weight excluding hydrogens is 320 g/mol. The minimum absolute atomic E-state index is 0.0489. The summed E-state index contributed by atoms with van der Waals surface area (Å²) in [5, 5.41) is 6.80. The van der Waals surface area contributed by atoms with Crippen LogP contribution in [-0.4, -0.2) is 46.5 Å². The summed E-state index contributed by atoms with van der Waals surface area (Å²) < 4.78 is 5.19. The fraction of sp³-hybridized carbons (Fsp3) is 0.444. The van der Waals surface area contributed by atoms with Crippen molar-refractivity contribution in [3.8, 4) is 11.4 Å². The minimum Gasteiger partial charge on any atom is -0.356 e. The van der Waals surface area contributed by atoms with Gasteiger partial charge in [-0.2, -0.15) is 4.98 Å². The van der Waals surface area contributed by atoms with Crippen LogP contribution in [0, 0.1) is 0 Å². The Hall–Kier alpha value is -2.70.